The van der Waals surface area contributed by atoms with Gasteiger partial charge in [-0.1, -0.05) is 0 Å². The fourth-order valence-electron chi connectivity index (χ4n) is 1.91. The number of nitriles is 1. The van der Waals surface area contributed by atoms with Crippen LogP contribution in [0.15, 0.2) is 30.5 Å². The predicted molar refractivity (Wildman–Crippen MR) is 74.1 cm³/mol. The van der Waals surface area contributed by atoms with Gasteiger partial charge in [-0.15, -0.1) is 0 Å². The number of nitrogens with zero attached hydrogens (tertiary/aromatic N) is 2. The molecule has 1 aliphatic rings. The van der Waals surface area contributed by atoms with Crippen LogP contribution < -0.4 is 20.5 Å². The van der Waals surface area contributed by atoms with Crippen molar-refractivity contribution in [1.29, 1.82) is 5.26 Å². The Bertz CT molecular complexity index is 694. The summed E-state index contributed by atoms with van der Waals surface area (Å²) in [5.74, 6) is 1.91. The van der Waals surface area contributed by atoms with E-state index in [-0.39, 0.29) is 0 Å². The highest BCUT2D eigenvalue weighted by molar-refractivity contribution is 5.71. The number of rotatable bonds is 2. The van der Waals surface area contributed by atoms with Crippen LogP contribution in [-0.2, 0) is 0 Å². The first-order chi connectivity index (χ1) is 9.76. The van der Waals surface area contributed by atoms with E-state index in [0.29, 0.717) is 36.0 Å². The normalized spacial score (nSPS) is 12.6. The number of anilines is 3. The van der Waals surface area contributed by atoms with E-state index in [9.17, 15) is 0 Å². The average molecular weight is 268 g/mol. The lowest BCUT2D eigenvalue weighted by Gasteiger charge is -2.19. The molecule has 1 aromatic heterocycles. The van der Waals surface area contributed by atoms with E-state index in [1.807, 2.05) is 24.3 Å². The number of nitrogen functional groups attached to an aromatic ring is 1. The molecule has 0 radical (unpaired) electrons. The van der Waals surface area contributed by atoms with Gasteiger partial charge in [0.1, 0.15) is 19.3 Å². The zero-order chi connectivity index (χ0) is 13.9. The Labute approximate surface area is 115 Å². The van der Waals surface area contributed by atoms with E-state index in [1.165, 1.54) is 6.20 Å². The van der Waals surface area contributed by atoms with E-state index >= 15 is 0 Å². The third kappa shape index (κ3) is 2.29. The van der Waals surface area contributed by atoms with Crippen molar-refractivity contribution in [3.8, 4) is 17.6 Å². The van der Waals surface area contributed by atoms with Gasteiger partial charge in [-0.3, -0.25) is 0 Å². The molecule has 0 saturated carbocycles. The number of aromatic nitrogens is 1. The Balaban J connectivity index is 1.86. The summed E-state index contributed by atoms with van der Waals surface area (Å²) in [6.07, 6.45) is 1.47. The fourth-order valence-corrected chi connectivity index (χ4v) is 1.91. The molecule has 0 unspecified atom stereocenters. The molecule has 2 aromatic rings. The summed E-state index contributed by atoms with van der Waals surface area (Å²) in [7, 11) is 0. The van der Waals surface area contributed by atoms with Crippen LogP contribution in [0.3, 0.4) is 0 Å². The lowest BCUT2D eigenvalue weighted by atomic mass is 10.2. The topological polar surface area (TPSA) is 93.2 Å². The van der Waals surface area contributed by atoms with Crippen molar-refractivity contribution in [1.82, 2.24) is 4.98 Å². The molecule has 20 heavy (non-hydrogen) atoms. The van der Waals surface area contributed by atoms with Gasteiger partial charge in [0.15, 0.2) is 17.3 Å². The van der Waals surface area contributed by atoms with Gasteiger partial charge >= 0.3 is 0 Å². The van der Waals surface area contributed by atoms with Gasteiger partial charge in [-0.2, -0.15) is 5.26 Å². The Hall–Kier alpha value is -2.94. The van der Waals surface area contributed by atoms with E-state index in [1.54, 1.807) is 6.07 Å². The molecule has 0 fully saturated rings. The third-order valence-electron chi connectivity index (χ3n) is 2.85. The maximum atomic E-state index is 8.78. The number of hydrogen-bond acceptors (Lipinski definition) is 6. The second-order valence-corrected chi connectivity index (χ2v) is 4.26. The number of ether oxygens (including phenoxy) is 2. The average Bonchev–Trinajstić information content (AvgIpc) is 2.49. The molecule has 0 aliphatic carbocycles. The zero-order valence-corrected chi connectivity index (χ0v) is 10.6. The maximum absolute atomic E-state index is 8.78. The summed E-state index contributed by atoms with van der Waals surface area (Å²) in [5, 5.41) is 11.9. The van der Waals surface area contributed by atoms with Crippen LogP contribution in [0.25, 0.3) is 0 Å². The van der Waals surface area contributed by atoms with Crippen molar-refractivity contribution in [3.63, 3.8) is 0 Å². The molecule has 6 heteroatoms. The Morgan fingerprint density at radius 2 is 2.00 bits per heavy atom. The molecule has 0 bridgehead atoms. The minimum atomic E-state index is 0.416. The van der Waals surface area contributed by atoms with E-state index in [0.717, 1.165) is 11.4 Å². The fraction of sp³-hybridized carbons (Fsp3) is 0.143. The summed E-state index contributed by atoms with van der Waals surface area (Å²) in [5.41, 5.74) is 7.48. The maximum Gasteiger partial charge on any atom is 0.163 e. The van der Waals surface area contributed by atoms with Crippen molar-refractivity contribution in [3.05, 3.63) is 36.0 Å². The number of nitrogens with one attached hydrogen (secondary N) is 1. The smallest absolute Gasteiger partial charge is 0.163 e. The molecule has 0 spiro atoms. The predicted octanol–water partition coefficient (Wildman–Crippen LogP) is 2.05. The number of pyridine rings is 1. The Kier molecular flexibility index (Phi) is 3.01. The van der Waals surface area contributed by atoms with Crippen molar-refractivity contribution in [2.45, 2.75) is 0 Å². The van der Waals surface area contributed by atoms with Crippen LogP contribution in [0, 0.1) is 11.3 Å². The van der Waals surface area contributed by atoms with Gasteiger partial charge in [0.2, 0.25) is 0 Å². The molecule has 3 rings (SSSR count). The number of hydrogen-bond donors (Lipinski definition) is 2. The largest absolute Gasteiger partial charge is 0.486 e. The molecule has 0 amide bonds. The van der Waals surface area contributed by atoms with E-state index < -0.39 is 0 Å². The van der Waals surface area contributed by atoms with Crippen molar-refractivity contribution in [2.75, 3.05) is 24.3 Å². The number of fused-ring (bicyclic) bond motifs is 1. The standard InChI is InChI=1S/C14H12N4O2/c15-7-9-5-11(16)14(17-8-9)18-10-1-2-12-13(6-10)20-4-3-19-12/h1-2,5-6,8H,3-4,16H2,(H,17,18). The molecule has 0 atom stereocenters. The van der Waals surface area contributed by atoms with E-state index in [4.69, 9.17) is 20.5 Å². The quantitative estimate of drug-likeness (QED) is 0.865. The molecule has 6 nitrogen and oxygen atoms in total. The van der Waals surface area contributed by atoms with Crippen LogP contribution >= 0.6 is 0 Å². The van der Waals surface area contributed by atoms with Crippen LogP contribution in [0.4, 0.5) is 17.2 Å². The third-order valence-corrected chi connectivity index (χ3v) is 2.85. The monoisotopic (exact) mass is 268 g/mol. The molecular weight excluding hydrogens is 256 g/mol. The highest BCUT2D eigenvalue weighted by Crippen LogP contribution is 2.34. The summed E-state index contributed by atoms with van der Waals surface area (Å²) in [6.45, 7) is 1.09. The van der Waals surface area contributed by atoms with Crippen molar-refractivity contribution < 1.29 is 9.47 Å². The number of nitrogens with two attached hydrogens (primary N) is 1. The van der Waals surface area contributed by atoms with Gasteiger partial charge in [0, 0.05) is 18.0 Å². The lowest BCUT2D eigenvalue weighted by molar-refractivity contribution is 0.171. The first-order valence-corrected chi connectivity index (χ1v) is 6.08. The van der Waals surface area contributed by atoms with Crippen LogP contribution in [0.5, 0.6) is 11.5 Å². The molecule has 1 aliphatic heterocycles. The van der Waals surface area contributed by atoms with E-state index in [2.05, 4.69) is 10.3 Å². The highest BCUT2D eigenvalue weighted by Gasteiger charge is 2.12. The molecule has 1 aromatic carbocycles. The van der Waals surface area contributed by atoms with Gasteiger partial charge in [0.05, 0.1) is 11.3 Å². The van der Waals surface area contributed by atoms with Gasteiger partial charge in [-0.05, 0) is 18.2 Å². The lowest BCUT2D eigenvalue weighted by Crippen LogP contribution is -2.15. The van der Waals surface area contributed by atoms with Crippen LogP contribution in [-0.4, -0.2) is 18.2 Å². The minimum Gasteiger partial charge on any atom is -0.486 e. The van der Waals surface area contributed by atoms with Gasteiger partial charge < -0.3 is 20.5 Å². The van der Waals surface area contributed by atoms with Crippen LogP contribution in [0.2, 0.25) is 0 Å². The SMILES string of the molecule is N#Cc1cnc(Nc2ccc3c(c2)OCCO3)c(N)c1. The Morgan fingerprint density at radius 3 is 2.75 bits per heavy atom. The summed E-state index contributed by atoms with van der Waals surface area (Å²) in [6, 6.07) is 9.08. The molecular formula is C14H12N4O2. The molecule has 0 saturated heterocycles. The molecule has 3 N–H and O–H groups in total. The van der Waals surface area contributed by atoms with Crippen molar-refractivity contribution >= 4 is 17.2 Å². The zero-order valence-electron chi connectivity index (χ0n) is 10.6. The highest BCUT2D eigenvalue weighted by atomic mass is 16.6. The Morgan fingerprint density at radius 1 is 1.20 bits per heavy atom. The second kappa shape index (κ2) is 4.97. The summed E-state index contributed by atoms with van der Waals surface area (Å²) in [4.78, 5) is 4.13. The van der Waals surface area contributed by atoms with Gasteiger partial charge in [-0.25, -0.2) is 4.98 Å². The van der Waals surface area contributed by atoms with Gasteiger partial charge in [0.25, 0.3) is 0 Å². The van der Waals surface area contributed by atoms with Crippen molar-refractivity contribution in [2.24, 2.45) is 0 Å². The number of benzene rings is 1. The second-order valence-electron chi connectivity index (χ2n) is 4.26. The minimum absolute atomic E-state index is 0.416. The summed E-state index contributed by atoms with van der Waals surface area (Å²) >= 11 is 0. The first kappa shape index (κ1) is 12.1. The molecule has 100 valence electrons. The first-order valence-electron chi connectivity index (χ1n) is 6.08. The molecule has 2 heterocycles. The van der Waals surface area contributed by atoms with Crippen LogP contribution in [0.1, 0.15) is 5.56 Å². The summed E-state index contributed by atoms with van der Waals surface area (Å²) < 4.78 is 11.0.